The highest BCUT2D eigenvalue weighted by Crippen LogP contribution is 2.30. The van der Waals surface area contributed by atoms with Crippen molar-refractivity contribution in [2.45, 2.75) is 51.5 Å². The Labute approximate surface area is 142 Å². The Kier molecular flexibility index (Phi) is 5.62. The van der Waals surface area contributed by atoms with E-state index in [2.05, 4.69) is 0 Å². The van der Waals surface area contributed by atoms with Crippen LogP contribution in [0.15, 0.2) is 30.3 Å². The number of ether oxygens (including phenoxy) is 1. The minimum atomic E-state index is -1.10. The first-order chi connectivity index (χ1) is 11.2. The van der Waals surface area contributed by atoms with Crippen LogP contribution in [-0.2, 0) is 20.9 Å². The van der Waals surface area contributed by atoms with Crippen molar-refractivity contribution in [2.75, 3.05) is 6.54 Å². The number of carboxylic acids is 2. The maximum Gasteiger partial charge on any atom is 0.321 e. The summed E-state index contributed by atoms with van der Waals surface area (Å²) in [6.45, 7) is 6.51. The van der Waals surface area contributed by atoms with Crippen LogP contribution in [0, 0.1) is 5.92 Å². The molecule has 0 saturated carbocycles. The van der Waals surface area contributed by atoms with E-state index < -0.39 is 29.5 Å². The molecule has 0 aliphatic carbocycles. The Balaban J connectivity index is 2.26. The van der Waals surface area contributed by atoms with Crippen LogP contribution in [0.1, 0.15) is 32.8 Å². The lowest BCUT2D eigenvalue weighted by Gasteiger charge is -2.42. The predicted molar refractivity (Wildman–Crippen MR) is 88.6 cm³/mol. The third-order valence-corrected chi connectivity index (χ3v) is 4.05. The average molecular weight is 335 g/mol. The number of hydrogen-bond donors (Lipinski definition) is 2. The molecule has 1 aliphatic heterocycles. The van der Waals surface area contributed by atoms with Crippen LogP contribution in [-0.4, -0.2) is 51.3 Å². The molecule has 1 aromatic carbocycles. The highest BCUT2D eigenvalue weighted by Gasteiger charge is 2.45. The van der Waals surface area contributed by atoms with Gasteiger partial charge in [0.05, 0.1) is 17.6 Å². The monoisotopic (exact) mass is 335 g/mol. The molecule has 0 radical (unpaired) electrons. The van der Waals surface area contributed by atoms with Crippen molar-refractivity contribution >= 4 is 11.9 Å². The molecular formula is C18H25NO5. The smallest absolute Gasteiger partial charge is 0.321 e. The number of benzene rings is 1. The molecule has 132 valence electrons. The summed E-state index contributed by atoms with van der Waals surface area (Å²) in [7, 11) is 0. The van der Waals surface area contributed by atoms with E-state index in [-0.39, 0.29) is 12.5 Å². The summed E-state index contributed by atoms with van der Waals surface area (Å²) in [5, 5.41) is 19.1. The molecule has 24 heavy (non-hydrogen) atoms. The van der Waals surface area contributed by atoms with Crippen molar-refractivity contribution in [3.63, 3.8) is 0 Å². The number of aliphatic carboxylic acids is 2. The molecule has 6 heteroatoms. The molecule has 0 amide bonds. The molecule has 3 atom stereocenters. The molecule has 0 aromatic heterocycles. The highest BCUT2D eigenvalue weighted by atomic mass is 16.5. The van der Waals surface area contributed by atoms with Crippen molar-refractivity contribution in [2.24, 2.45) is 5.92 Å². The van der Waals surface area contributed by atoms with E-state index in [1.807, 2.05) is 51.1 Å². The standard InChI is InChI=1S/C18H25NO5/c1-18(2,3)24-13-9-14(16(20)21)15(17(22)23)19(11-13)10-12-7-5-4-6-8-12/h4-8,13-15H,9-11H2,1-3H3,(H,20,21)(H,22,23)/t13-,14-,15-/m0/s1. The fourth-order valence-corrected chi connectivity index (χ4v) is 3.25. The van der Waals surface area contributed by atoms with E-state index in [0.29, 0.717) is 13.1 Å². The molecule has 1 fully saturated rings. The maximum absolute atomic E-state index is 11.7. The van der Waals surface area contributed by atoms with Crippen LogP contribution in [0.5, 0.6) is 0 Å². The van der Waals surface area contributed by atoms with Crippen molar-refractivity contribution in [3.8, 4) is 0 Å². The Morgan fingerprint density at radius 2 is 1.79 bits per heavy atom. The van der Waals surface area contributed by atoms with Crippen LogP contribution >= 0.6 is 0 Å². The molecular weight excluding hydrogens is 310 g/mol. The summed E-state index contributed by atoms with van der Waals surface area (Å²) in [6, 6.07) is 8.41. The van der Waals surface area contributed by atoms with Crippen LogP contribution in [0.25, 0.3) is 0 Å². The predicted octanol–water partition coefficient (Wildman–Crippen LogP) is 2.23. The van der Waals surface area contributed by atoms with Crippen LogP contribution in [0.3, 0.4) is 0 Å². The Hall–Kier alpha value is -1.92. The number of rotatable bonds is 5. The molecule has 1 aliphatic rings. The van der Waals surface area contributed by atoms with Gasteiger partial charge in [-0.3, -0.25) is 14.5 Å². The van der Waals surface area contributed by atoms with Crippen LogP contribution in [0.4, 0.5) is 0 Å². The van der Waals surface area contributed by atoms with Gasteiger partial charge < -0.3 is 14.9 Å². The topological polar surface area (TPSA) is 87.1 Å². The molecule has 0 spiro atoms. The van der Waals surface area contributed by atoms with E-state index in [4.69, 9.17) is 4.74 Å². The number of likely N-dealkylation sites (tertiary alicyclic amines) is 1. The van der Waals surface area contributed by atoms with Gasteiger partial charge in [-0.05, 0) is 32.8 Å². The zero-order valence-electron chi connectivity index (χ0n) is 14.3. The zero-order valence-corrected chi connectivity index (χ0v) is 14.3. The van der Waals surface area contributed by atoms with Gasteiger partial charge in [0.15, 0.2) is 0 Å². The Morgan fingerprint density at radius 3 is 2.29 bits per heavy atom. The number of nitrogens with zero attached hydrogens (tertiary/aromatic N) is 1. The van der Waals surface area contributed by atoms with Gasteiger partial charge in [-0.1, -0.05) is 30.3 Å². The minimum absolute atomic E-state index is 0.203. The van der Waals surface area contributed by atoms with Gasteiger partial charge in [-0.25, -0.2) is 0 Å². The summed E-state index contributed by atoms with van der Waals surface area (Å²) < 4.78 is 5.96. The first-order valence-electron chi connectivity index (χ1n) is 8.09. The van der Waals surface area contributed by atoms with Crippen molar-refractivity contribution < 1.29 is 24.5 Å². The molecule has 0 bridgehead atoms. The number of piperidine rings is 1. The van der Waals surface area contributed by atoms with Gasteiger partial charge in [-0.2, -0.15) is 0 Å². The molecule has 1 aromatic rings. The molecule has 0 unspecified atom stereocenters. The van der Waals surface area contributed by atoms with Crippen LogP contribution in [0.2, 0.25) is 0 Å². The third-order valence-electron chi connectivity index (χ3n) is 4.05. The molecule has 1 heterocycles. The molecule has 6 nitrogen and oxygen atoms in total. The fourth-order valence-electron chi connectivity index (χ4n) is 3.25. The third kappa shape index (κ3) is 4.79. The largest absolute Gasteiger partial charge is 0.481 e. The van der Waals surface area contributed by atoms with E-state index in [0.717, 1.165) is 5.56 Å². The first kappa shape index (κ1) is 18.4. The lowest BCUT2D eigenvalue weighted by molar-refractivity contribution is -0.169. The van der Waals surface area contributed by atoms with Crippen molar-refractivity contribution in [3.05, 3.63) is 35.9 Å². The van der Waals surface area contributed by atoms with Gasteiger partial charge in [0.2, 0.25) is 0 Å². The number of carbonyl (C=O) groups is 2. The normalized spacial score (nSPS) is 25.4. The van der Waals surface area contributed by atoms with E-state index in [1.165, 1.54) is 0 Å². The maximum atomic E-state index is 11.7. The van der Waals surface area contributed by atoms with Crippen molar-refractivity contribution in [1.29, 1.82) is 0 Å². The van der Waals surface area contributed by atoms with Gasteiger partial charge in [0, 0.05) is 13.1 Å². The SMILES string of the molecule is CC(C)(C)O[C@H]1C[C@H](C(=O)O)[C@@H](C(=O)O)N(Cc2ccccc2)C1. The van der Waals surface area contributed by atoms with Gasteiger partial charge in [-0.15, -0.1) is 0 Å². The quantitative estimate of drug-likeness (QED) is 0.858. The van der Waals surface area contributed by atoms with Gasteiger partial charge in [0.1, 0.15) is 6.04 Å². The molecule has 2 rings (SSSR count). The summed E-state index contributed by atoms with van der Waals surface area (Å²) in [6.07, 6.45) is -0.111. The lowest BCUT2D eigenvalue weighted by atomic mass is 9.87. The van der Waals surface area contributed by atoms with E-state index in [1.54, 1.807) is 4.90 Å². The van der Waals surface area contributed by atoms with Gasteiger partial charge >= 0.3 is 11.9 Å². The summed E-state index contributed by atoms with van der Waals surface area (Å²) in [5.41, 5.74) is 0.534. The fraction of sp³-hybridized carbons (Fsp3) is 0.556. The summed E-state index contributed by atoms with van der Waals surface area (Å²) in [4.78, 5) is 25.1. The van der Waals surface area contributed by atoms with E-state index in [9.17, 15) is 19.8 Å². The summed E-state index contributed by atoms with van der Waals surface area (Å²) in [5.74, 6) is -3.19. The second kappa shape index (κ2) is 7.32. The highest BCUT2D eigenvalue weighted by molar-refractivity contribution is 5.83. The lowest BCUT2D eigenvalue weighted by Crippen LogP contribution is -2.57. The van der Waals surface area contributed by atoms with Crippen LogP contribution < -0.4 is 0 Å². The average Bonchev–Trinajstić information content (AvgIpc) is 2.45. The Morgan fingerprint density at radius 1 is 1.17 bits per heavy atom. The number of hydrogen-bond acceptors (Lipinski definition) is 4. The second-order valence-electron chi connectivity index (χ2n) is 7.23. The zero-order chi connectivity index (χ0) is 17.9. The first-order valence-corrected chi connectivity index (χ1v) is 8.09. The van der Waals surface area contributed by atoms with Gasteiger partial charge in [0.25, 0.3) is 0 Å². The molecule has 2 N–H and O–H groups in total. The van der Waals surface area contributed by atoms with E-state index >= 15 is 0 Å². The second-order valence-corrected chi connectivity index (χ2v) is 7.23. The Bertz CT molecular complexity index is 581. The number of carboxylic acid groups (broad SMARTS) is 2. The minimum Gasteiger partial charge on any atom is -0.481 e. The molecule has 1 saturated heterocycles. The van der Waals surface area contributed by atoms with Crippen molar-refractivity contribution in [1.82, 2.24) is 4.90 Å². The summed E-state index contributed by atoms with van der Waals surface area (Å²) >= 11 is 0.